The molecule has 0 fully saturated rings. The number of nitrogens with zero attached hydrogens (tertiary/aromatic N) is 1. The van der Waals surface area contributed by atoms with Crippen molar-refractivity contribution in [2.24, 2.45) is 0 Å². The molecular weight excluding hydrogens is 381 g/mol. The minimum atomic E-state index is -0.556. The van der Waals surface area contributed by atoms with Crippen molar-refractivity contribution in [2.45, 2.75) is 19.0 Å². The summed E-state index contributed by atoms with van der Waals surface area (Å²) in [6, 6.07) is 17.7. The van der Waals surface area contributed by atoms with Crippen LogP contribution in [0.15, 0.2) is 73.1 Å². The molecule has 138 valence electrons. The maximum absolute atomic E-state index is 13.0. The van der Waals surface area contributed by atoms with E-state index in [1.807, 2.05) is 49.4 Å². The lowest BCUT2D eigenvalue weighted by Gasteiger charge is -2.23. The molecule has 2 unspecified atom stereocenters. The summed E-state index contributed by atoms with van der Waals surface area (Å²) >= 11 is 12.1. The molecule has 4 nitrogen and oxygen atoms in total. The summed E-state index contributed by atoms with van der Waals surface area (Å²) in [6.07, 6.45) is 3.51. The van der Waals surface area contributed by atoms with Gasteiger partial charge in [0.15, 0.2) is 0 Å². The Morgan fingerprint density at radius 2 is 1.63 bits per heavy atom. The van der Waals surface area contributed by atoms with E-state index in [4.69, 9.17) is 23.2 Å². The molecule has 2 N–H and O–H groups in total. The Bertz CT molecular complexity index is 884. The normalized spacial score (nSPS) is 13.0. The second-order valence-corrected chi connectivity index (χ2v) is 7.04. The van der Waals surface area contributed by atoms with Gasteiger partial charge in [0, 0.05) is 34.2 Å². The fourth-order valence-corrected chi connectivity index (χ4v) is 3.31. The monoisotopic (exact) mass is 399 g/mol. The van der Waals surface area contributed by atoms with Crippen molar-refractivity contribution < 1.29 is 4.79 Å². The first kappa shape index (κ1) is 19.4. The first-order chi connectivity index (χ1) is 13.0. The van der Waals surface area contributed by atoms with Crippen LogP contribution < -0.4 is 10.6 Å². The lowest BCUT2D eigenvalue weighted by Crippen LogP contribution is -2.34. The van der Waals surface area contributed by atoms with Crippen molar-refractivity contribution in [3.05, 3.63) is 94.2 Å². The molecule has 1 amide bonds. The third-order valence-electron chi connectivity index (χ3n) is 4.13. The molecule has 0 spiro atoms. The SMILES string of the molecule is CC(NC(C(=O)Nc1cc(Cl)cc(Cl)c1)c1ccccc1)c1cccnc1. The third kappa shape index (κ3) is 5.30. The number of rotatable bonds is 6. The smallest absolute Gasteiger partial charge is 0.246 e. The topological polar surface area (TPSA) is 54.0 Å². The predicted octanol–water partition coefficient (Wildman–Crippen LogP) is 5.42. The van der Waals surface area contributed by atoms with Gasteiger partial charge in [0.05, 0.1) is 0 Å². The molecular formula is C21H19Cl2N3O. The molecule has 0 saturated carbocycles. The van der Waals surface area contributed by atoms with Gasteiger partial charge in [0.25, 0.3) is 0 Å². The van der Waals surface area contributed by atoms with Gasteiger partial charge in [-0.05, 0) is 42.3 Å². The van der Waals surface area contributed by atoms with Crippen LogP contribution in [-0.2, 0) is 4.79 Å². The number of hydrogen-bond donors (Lipinski definition) is 2. The molecule has 0 bridgehead atoms. The second-order valence-electron chi connectivity index (χ2n) is 6.17. The van der Waals surface area contributed by atoms with Crippen LogP contribution in [0.2, 0.25) is 10.0 Å². The van der Waals surface area contributed by atoms with Gasteiger partial charge in [0.1, 0.15) is 6.04 Å². The maximum Gasteiger partial charge on any atom is 0.246 e. The van der Waals surface area contributed by atoms with Gasteiger partial charge in [-0.15, -0.1) is 0 Å². The first-order valence-electron chi connectivity index (χ1n) is 8.51. The number of pyridine rings is 1. The van der Waals surface area contributed by atoms with Crippen LogP contribution in [0.25, 0.3) is 0 Å². The highest BCUT2D eigenvalue weighted by atomic mass is 35.5. The number of halogens is 2. The second kappa shape index (κ2) is 9.00. The van der Waals surface area contributed by atoms with Crippen molar-refractivity contribution in [1.82, 2.24) is 10.3 Å². The standard InChI is InChI=1S/C21H19Cl2N3O/c1-14(16-8-5-9-24-13-16)25-20(15-6-3-2-4-7-15)21(27)26-19-11-17(22)10-18(23)12-19/h2-14,20,25H,1H3,(H,26,27). The van der Waals surface area contributed by atoms with Gasteiger partial charge >= 0.3 is 0 Å². The molecule has 0 aliphatic heterocycles. The highest BCUT2D eigenvalue weighted by Gasteiger charge is 2.23. The highest BCUT2D eigenvalue weighted by Crippen LogP contribution is 2.25. The largest absolute Gasteiger partial charge is 0.324 e. The number of hydrogen-bond acceptors (Lipinski definition) is 3. The Morgan fingerprint density at radius 3 is 2.26 bits per heavy atom. The lowest BCUT2D eigenvalue weighted by molar-refractivity contribution is -0.118. The number of nitrogens with one attached hydrogen (secondary N) is 2. The van der Waals surface area contributed by atoms with Crippen LogP contribution >= 0.6 is 23.2 Å². The Kier molecular flexibility index (Phi) is 6.45. The molecule has 1 aromatic heterocycles. The average Bonchev–Trinajstić information content (AvgIpc) is 2.66. The zero-order valence-electron chi connectivity index (χ0n) is 14.7. The average molecular weight is 400 g/mol. The summed E-state index contributed by atoms with van der Waals surface area (Å²) in [7, 11) is 0. The van der Waals surface area contributed by atoms with Crippen LogP contribution in [0.3, 0.4) is 0 Å². The number of aromatic nitrogens is 1. The van der Waals surface area contributed by atoms with Crippen molar-refractivity contribution in [3.8, 4) is 0 Å². The Labute approximate surface area is 168 Å². The third-order valence-corrected chi connectivity index (χ3v) is 4.56. The summed E-state index contributed by atoms with van der Waals surface area (Å²) < 4.78 is 0. The maximum atomic E-state index is 13.0. The number of anilines is 1. The van der Waals surface area contributed by atoms with E-state index in [1.54, 1.807) is 30.6 Å². The number of carbonyl (C=O) groups excluding carboxylic acids is 1. The Balaban J connectivity index is 1.84. The Hall–Kier alpha value is -2.40. The van der Waals surface area contributed by atoms with Crippen LogP contribution in [0.5, 0.6) is 0 Å². The first-order valence-corrected chi connectivity index (χ1v) is 9.26. The highest BCUT2D eigenvalue weighted by molar-refractivity contribution is 6.35. The summed E-state index contributed by atoms with van der Waals surface area (Å²) in [6.45, 7) is 2.00. The Morgan fingerprint density at radius 1 is 0.963 bits per heavy atom. The van der Waals surface area contributed by atoms with E-state index in [0.29, 0.717) is 15.7 Å². The van der Waals surface area contributed by atoms with Gasteiger partial charge in [0.2, 0.25) is 5.91 Å². The number of carbonyl (C=O) groups is 1. The predicted molar refractivity (Wildman–Crippen MR) is 110 cm³/mol. The molecule has 0 aliphatic rings. The van der Waals surface area contributed by atoms with Crippen molar-refractivity contribution in [1.29, 1.82) is 0 Å². The van der Waals surface area contributed by atoms with Crippen molar-refractivity contribution in [2.75, 3.05) is 5.32 Å². The van der Waals surface area contributed by atoms with Gasteiger partial charge in [-0.25, -0.2) is 0 Å². The fourth-order valence-electron chi connectivity index (χ4n) is 2.79. The molecule has 2 aromatic carbocycles. The summed E-state index contributed by atoms with van der Waals surface area (Å²) in [5.74, 6) is -0.199. The zero-order chi connectivity index (χ0) is 19.2. The van der Waals surface area contributed by atoms with Crippen molar-refractivity contribution in [3.63, 3.8) is 0 Å². The summed E-state index contributed by atoms with van der Waals surface area (Å²) in [4.78, 5) is 17.2. The van der Waals surface area contributed by atoms with E-state index in [0.717, 1.165) is 11.1 Å². The molecule has 6 heteroatoms. The minimum absolute atomic E-state index is 0.0717. The van der Waals surface area contributed by atoms with Gasteiger partial charge in [-0.2, -0.15) is 0 Å². The summed E-state index contributed by atoms with van der Waals surface area (Å²) in [5.41, 5.74) is 2.41. The number of amides is 1. The van der Waals surface area contributed by atoms with Crippen LogP contribution in [0, 0.1) is 0 Å². The molecule has 0 aliphatic carbocycles. The molecule has 0 saturated heterocycles. The van der Waals surface area contributed by atoms with Gasteiger partial charge < -0.3 is 5.32 Å². The van der Waals surface area contributed by atoms with E-state index >= 15 is 0 Å². The van der Waals surface area contributed by atoms with Crippen LogP contribution in [0.4, 0.5) is 5.69 Å². The van der Waals surface area contributed by atoms with E-state index in [2.05, 4.69) is 15.6 Å². The van der Waals surface area contributed by atoms with Crippen LogP contribution in [-0.4, -0.2) is 10.9 Å². The van der Waals surface area contributed by atoms with E-state index in [9.17, 15) is 4.79 Å². The molecule has 3 aromatic rings. The molecule has 27 heavy (non-hydrogen) atoms. The molecule has 0 radical (unpaired) electrons. The summed E-state index contributed by atoms with van der Waals surface area (Å²) in [5, 5.41) is 7.20. The van der Waals surface area contributed by atoms with E-state index in [1.165, 1.54) is 0 Å². The van der Waals surface area contributed by atoms with Gasteiger partial charge in [-0.3, -0.25) is 15.1 Å². The molecule has 2 atom stereocenters. The van der Waals surface area contributed by atoms with Crippen molar-refractivity contribution >= 4 is 34.8 Å². The minimum Gasteiger partial charge on any atom is -0.324 e. The quantitative estimate of drug-likeness (QED) is 0.581. The van der Waals surface area contributed by atoms with E-state index in [-0.39, 0.29) is 11.9 Å². The zero-order valence-corrected chi connectivity index (χ0v) is 16.2. The van der Waals surface area contributed by atoms with Crippen LogP contribution in [0.1, 0.15) is 30.1 Å². The molecule has 3 rings (SSSR count). The van der Waals surface area contributed by atoms with Gasteiger partial charge in [-0.1, -0.05) is 59.6 Å². The molecule has 1 heterocycles. The number of benzene rings is 2. The fraction of sp³-hybridized carbons (Fsp3) is 0.143. The lowest BCUT2D eigenvalue weighted by atomic mass is 10.0. The van der Waals surface area contributed by atoms with E-state index < -0.39 is 6.04 Å².